The van der Waals surface area contributed by atoms with E-state index in [2.05, 4.69) is 35.2 Å². The second-order valence-corrected chi connectivity index (χ2v) is 6.37. The molecule has 0 radical (unpaired) electrons. The van der Waals surface area contributed by atoms with Crippen LogP contribution in [0.25, 0.3) is 0 Å². The van der Waals surface area contributed by atoms with Crippen LogP contribution in [0.3, 0.4) is 0 Å². The van der Waals surface area contributed by atoms with Crippen molar-refractivity contribution in [1.82, 2.24) is 4.90 Å². The minimum absolute atomic E-state index is 0. The zero-order valence-electron chi connectivity index (χ0n) is 13.2. The van der Waals surface area contributed by atoms with E-state index >= 15 is 0 Å². The topological polar surface area (TPSA) is 29.5 Å². The number of hydrogen-bond acceptors (Lipinski definition) is 3. The minimum Gasteiger partial charge on any atom is -0.469 e. The third-order valence-electron chi connectivity index (χ3n) is 5.26. The molecule has 0 amide bonds. The van der Waals surface area contributed by atoms with E-state index in [1.165, 1.54) is 25.5 Å². The molecule has 0 N–H and O–H groups in total. The van der Waals surface area contributed by atoms with E-state index in [1.807, 2.05) is 0 Å². The molecule has 0 spiro atoms. The highest BCUT2D eigenvalue weighted by Crippen LogP contribution is 2.40. The maximum absolute atomic E-state index is 12.2. The molecule has 1 aromatic rings. The maximum atomic E-state index is 12.2. The molecule has 1 aliphatic carbocycles. The SMILES string of the molecule is COC(=O)[C@@H]1[C@@H]2CCC[C@H]1N(CCc1ccccc1)CC2.Cl. The number of benzene rings is 1. The Kier molecular flexibility index (Phi) is 6.27. The smallest absolute Gasteiger partial charge is 0.310 e. The molecule has 3 atom stereocenters. The van der Waals surface area contributed by atoms with Crippen molar-refractivity contribution >= 4 is 18.4 Å². The second-order valence-electron chi connectivity index (χ2n) is 6.37. The quantitative estimate of drug-likeness (QED) is 0.796. The lowest BCUT2D eigenvalue weighted by Crippen LogP contribution is -2.54. The molecular weight excluding hydrogens is 298 g/mol. The second kappa shape index (κ2) is 7.98. The highest BCUT2D eigenvalue weighted by molar-refractivity contribution is 5.85. The molecule has 3 nitrogen and oxygen atoms in total. The molecule has 0 unspecified atom stereocenters. The molecule has 1 aromatic carbocycles. The molecule has 22 heavy (non-hydrogen) atoms. The Morgan fingerprint density at radius 3 is 2.73 bits per heavy atom. The Hall–Kier alpha value is -1.06. The van der Waals surface area contributed by atoms with Crippen LogP contribution in [-0.2, 0) is 16.0 Å². The number of ether oxygens (including phenoxy) is 1. The molecule has 0 aromatic heterocycles. The van der Waals surface area contributed by atoms with Gasteiger partial charge in [0, 0.05) is 12.6 Å². The number of likely N-dealkylation sites (tertiary alicyclic amines) is 1. The number of carbonyl (C=O) groups is 1. The summed E-state index contributed by atoms with van der Waals surface area (Å²) in [5.74, 6) is 0.659. The van der Waals surface area contributed by atoms with Gasteiger partial charge in [-0.25, -0.2) is 0 Å². The molecule has 1 heterocycles. The van der Waals surface area contributed by atoms with Gasteiger partial charge in [-0.15, -0.1) is 12.4 Å². The summed E-state index contributed by atoms with van der Waals surface area (Å²) in [5.41, 5.74) is 1.38. The van der Waals surface area contributed by atoms with Gasteiger partial charge in [0.15, 0.2) is 0 Å². The summed E-state index contributed by atoms with van der Waals surface area (Å²) in [6.07, 6.45) is 5.81. The molecular formula is C18H26ClNO2. The van der Waals surface area contributed by atoms with Crippen molar-refractivity contribution in [2.45, 2.75) is 38.1 Å². The highest BCUT2D eigenvalue weighted by atomic mass is 35.5. The number of rotatable bonds is 4. The monoisotopic (exact) mass is 323 g/mol. The highest BCUT2D eigenvalue weighted by Gasteiger charge is 2.44. The number of nitrogens with zero attached hydrogens (tertiary/aromatic N) is 1. The first-order valence-electron chi connectivity index (χ1n) is 8.15. The average Bonchev–Trinajstić information content (AvgIpc) is 2.54. The lowest BCUT2D eigenvalue weighted by atomic mass is 9.71. The third-order valence-corrected chi connectivity index (χ3v) is 5.26. The van der Waals surface area contributed by atoms with Gasteiger partial charge >= 0.3 is 5.97 Å². The van der Waals surface area contributed by atoms with Crippen molar-refractivity contribution in [3.63, 3.8) is 0 Å². The van der Waals surface area contributed by atoms with Crippen LogP contribution in [0, 0.1) is 11.8 Å². The van der Waals surface area contributed by atoms with Gasteiger partial charge < -0.3 is 4.74 Å². The number of piperidine rings is 1. The van der Waals surface area contributed by atoms with E-state index in [-0.39, 0.29) is 24.3 Å². The van der Waals surface area contributed by atoms with Crippen molar-refractivity contribution in [3.8, 4) is 0 Å². The molecule has 4 heteroatoms. The van der Waals surface area contributed by atoms with Crippen molar-refractivity contribution < 1.29 is 9.53 Å². The first-order valence-corrected chi connectivity index (χ1v) is 8.15. The fourth-order valence-corrected chi connectivity index (χ4v) is 4.17. The van der Waals surface area contributed by atoms with Crippen LogP contribution in [0.4, 0.5) is 0 Å². The third kappa shape index (κ3) is 3.64. The van der Waals surface area contributed by atoms with Gasteiger partial charge in [0.2, 0.25) is 0 Å². The first kappa shape index (κ1) is 17.3. The number of fused-ring (bicyclic) bond motifs is 2. The van der Waals surface area contributed by atoms with E-state index in [9.17, 15) is 4.79 Å². The Labute approximate surface area is 139 Å². The first-order chi connectivity index (χ1) is 10.3. The lowest BCUT2D eigenvalue weighted by Gasteiger charge is -2.47. The van der Waals surface area contributed by atoms with Gasteiger partial charge in [0.1, 0.15) is 0 Å². The van der Waals surface area contributed by atoms with Gasteiger partial charge in [-0.05, 0) is 43.7 Å². The Bertz CT molecular complexity index is 479. The summed E-state index contributed by atoms with van der Waals surface area (Å²) >= 11 is 0. The van der Waals surface area contributed by atoms with Crippen molar-refractivity contribution in [2.24, 2.45) is 11.8 Å². The van der Waals surface area contributed by atoms with Crippen molar-refractivity contribution in [3.05, 3.63) is 35.9 Å². The summed E-state index contributed by atoms with van der Waals surface area (Å²) in [4.78, 5) is 14.7. The van der Waals surface area contributed by atoms with Crippen LogP contribution in [0.1, 0.15) is 31.2 Å². The Morgan fingerprint density at radius 1 is 1.23 bits per heavy atom. The van der Waals surface area contributed by atoms with Gasteiger partial charge in [0.25, 0.3) is 0 Å². The van der Waals surface area contributed by atoms with E-state index in [0.29, 0.717) is 12.0 Å². The summed E-state index contributed by atoms with van der Waals surface area (Å²) in [5, 5.41) is 0. The number of esters is 1. The normalized spacial score (nSPS) is 27.8. The van der Waals surface area contributed by atoms with Crippen molar-refractivity contribution in [2.75, 3.05) is 20.2 Å². The van der Waals surface area contributed by atoms with Gasteiger partial charge in [-0.1, -0.05) is 36.8 Å². The fraction of sp³-hybridized carbons (Fsp3) is 0.611. The summed E-state index contributed by atoms with van der Waals surface area (Å²) in [6, 6.07) is 11.0. The maximum Gasteiger partial charge on any atom is 0.310 e. The zero-order valence-corrected chi connectivity index (χ0v) is 14.1. The molecule has 2 fully saturated rings. The van der Waals surface area contributed by atoms with Crippen LogP contribution in [0.15, 0.2) is 30.3 Å². The van der Waals surface area contributed by atoms with Crippen LogP contribution < -0.4 is 0 Å². The van der Waals surface area contributed by atoms with E-state index in [1.54, 1.807) is 0 Å². The molecule has 122 valence electrons. The minimum atomic E-state index is 0. The largest absolute Gasteiger partial charge is 0.469 e. The van der Waals surface area contributed by atoms with Crippen LogP contribution in [0.5, 0.6) is 0 Å². The van der Waals surface area contributed by atoms with Crippen LogP contribution in [0.2, 0.25) is 0 Å². The molecule has 1 saturated carbocycles. The summed E-state index contributed by atoms with van der Waals surface area (Å²) in [6.45, 7) is 2.19. The zero-order chi connectivity index (χ0) is 14.7. The van der Waals surface area contributed by atoms with E-state index < -0.39 is 0 Å². The van der Waals surface area contributed by atoms with Gasteiger partial charge in [-0.2, -0.15) is 0 Å². The Balaban J connectivity index is 0.00000176. The van der Waals surface area contributed by atoms with Crippen LogP contribution in [-0.4, -0.2) is 37.1 Å². The summed E-state index contributed by atoms with van der Waals surface area (Å²) in [7, 11) is 1.53. The van der Waals surface area contributed by atoms with E-state index in [0.717, 1.165) is 32.4 Å². The molecule has 1 aliphatic heterocycles. The van der Waals surface area contributed by atoms with Gasteiger partial charge in [-0.3, -0.25) is 9.69 Å². The average molecular weight is 324 g/mol. The van der Waals surface area contributed by atoms with Crippen molar-refractivity contribution in [1.29, 1.82) is 0 Å². The standard InChI is InChI=1S/C18H25NO2.ClH/c1-21-18(20)17-15-8-5-9-16(17)19(13-11-15)12-10-14-6-3-2-4-7-14;/h2-4,6-7,15-17H,5,8-13H2,1H3;1H/t15-,16-,17-;/m1./s1. The molecule has 1 saturated heterocycles. The van der Waals surface area contributed by atoms with E-state index in [4.69, 9.17) is 4.74 Å². The number of halogens is 1. The molecule has 2 bridgehead atoms. The summed E-state index contributed by atoms with van der Waals surface area (Å²) < 4.78 is 5.07. The predicted octanol–water partition coefficient (Wildman–Crippen LogP) is 3.31. The Morgan fingerprint density at radius 2 is 2.00 bits per heavy atom. The molecule has 3 rings (SSSR count). The molecule has 2 aliphatic rings. The lowest BCUT2D eigenvalue weighted by molar-refractivity contribution is -0.155. The predicted molar refractivity (Wildman–Crippen MR) is 90.2 cm³/mol. The fourth-order valence-electron chi connectivity index (χ4n) is 4.17. The number of hydrogen-bond donors (Lipinski definition) is 0. The van der Waals surface area contributed by atoms with Crippen LogP contribution >= 0.6 is 12.4 Å². The number of carbonyl (C=O) groups excluding carboxylic acids is 1. The number of methoxy groups -OCH3 is 1. The van der Waals surface area contributed by atoms with Gasteiger partial charge in [0.05, 0.1) is 13.0 Å².